The van der Waals surface area contributed by atoms with Crippen molar-refractivity contribution >= 4 is 28.8 Å². The highest BCUT2D eigenvalue weighted by atomic mass is 16.7. The summed E-state index contributed by atoms with van der Waals surface area (Å²) < 4.78 is 11.0. The van der Waals surface area contributed by atoms with E-state index in [1.165, 1.54) is 0 Å². The summed E-state index contributed by atoms with van der Waals surface area (Å²) in [5.41, 5.74) is 5.10. The molecule has 0 bridgehead atoms. The number of aryl methyl sites for hydroxylation is 2. The van der Waals surface area contributed by atoms with E-state index < -0.39 is 12.1 Å². The van der Waals surface area contributed by atoms with Crippen LogP contribution >= 0.6 is 0 Å². The standard InChI is InChI=1S/C33H27NO7/c1-20-18-23(32(36)37)15-16-25(20)26-12-6-13-27-28(31(34-29(26)27)41-33(38)39)14-7-17-40-24-11-5-10-22(19-24)30(35)21-8-3-2-4-9-21/h2-6,8-13,15-16,18-19,34H,7,14,17H2,1H3,(H,36,37)(H,38,39). The molecule has 0 aliphatic heterocycles. The number of hydrogen-bond acceptors (Lipinski definition) is 5. The van der Waals surface area contributed by atoms with Crippen LogP contribution in [0.3, 0.4) is 0 Å². The number of nitrogens with one attached hydrogen (secondary N) is 1. The molecule has 1 aromatic heterocycles. The number of carbonyl (C=O) groups excluding carboxylic acids is 1. The molecule has 0 amide bonds. The molecule has 4 aromatic carbocycles. The lowest BCUT2D eigenvalue weighted by atomic mass is 9.96. The quantitative estimate of drug-likeness (QED) is 0.0960. The molecule has 0 fully saturated rings. The van der Waals surface area contributed by atoms with Crippen molar-refractivity contribution in [3.8, 4) is 22.8 Å². The summed E-state index contributed by atoms with van der Waals surface area (Å²) in [7, 11) is 0. The number of aromatic carboxylic acids is 1. The number of carboxylic acid groups (broad SMARTS) is 2. The van der Waals surface area contributed by atoms with Gasteiger partial charge in [-0.3, -0.25) is 4.79 Å². The van der Waals surface area contributed by atoms with Crippen LogP contribution in [-0.2, 0) is 6.42 Å². The molecule has 41 heavy (non-hydrogen) atoms. The molecule has 0 saturated heterocycles. The molecule has 8 heteroatoms. The third-order valence-corrected chi connectivity index (χ3v) is 6.83. The molecule has 5 rings (SSSR count). The van der Waals surface area contributed by atoms with Crippen molar-refractivity contribution in [3.63, 3.8) is 0 Å². The summed E-state index contributed by atoms with van der Waals surface area (Å²) in [5.74, 6) is -0.395. The summed E-state index contributed by atoms with van der Waals surface area (Å²) in [6, 6.07) is 26.6. The van der Waals surface area contributed by atoms with Crippen molar-refractivity contribution in [2.75, 3.05) is 6.61 Å². The maximum absolute atomic E-state index is 12.8. The molecule has 5 aromatic rings. The van der Waals surface area contributed by atoms with E-state index >= 15 is 0 Å². The molecular formula is C33H27NO7. The van der Waals surface area contributed by atoms with E-state index in [1.807, 2.05) is 43.3 Å². The summed E-state index contributed by atoms with van der Waals surface area (Å²) in [6.07, 6.45) is -0.417. The topological polar surface area (TPSA) is 126 Å². The summed E-state index contributed by atoms with van der Waals surface area (Å²) in [6.45, 7) is 2.16. The van der Waals surface area contributed by atoms with Crippen molar-refractivity contribution in [2.24, 2.45) is 0 Å². The monoisotopic (exact) mass is 549 g/mol. The molecule has 0 atom stereocenters. The minimum atomic E-state index is -1.43. The molecule has 8 nitrogen and oxygen atoms in total. The Morgan fingerprint density at radius 1 is 0.780 bits per heavy atom. The molecule has 1 heterocycles. The molecule has 0 saturated carbocycles. The molecule has 0 spiro atoms. The van der Waals surface area contributed by atoms with E-state index in [2.05, 4.69) is 4.98 Å². The summed E-state index contributed by atoms with van der Waals surface area (Å²) in [5, 5.41) is 19.5. The van der Waals surface area contributed by atoms with Crippen molar-refractivity contribution in [1.29, 1.82) is 0 Å². The molecule has 0 aliphatic carbocycles. The molecule has 3 N–H and O–H groups in total. The van der Waals surface area contributed by atoms with Gasteiger partial charge in [0, 0.05) is 27.6 Å². The van der Waals surface area contributed by atoms with Crippen molar-refractivity contribution in [2.45, 2.75) is 19.8 Å². The van der Waals surface area contributed by atoms with Gasteiger partial charge in [0.15, 0.2) is 5.78 Å². The molecular weight excluding hydrogens is 522 g/mol. The number of para-hydroxylation sites is 1. The lowest BCUT2D eigenvalue weighted by Crippen LogP contribution is -2.06. The van der Waals surface area contributed by atoms with Gasteiger partial charge in [-0.05, 0) is 55.2 Å². The van der Waals surface area contributed by atoms with Gasteiger partial charge in [0.25, 0.3) is 0 Å². The molecule has 0 unspecified atom stereocenters. The van der Waals surface area contributed by atoms with Crippen molar-refractivity contribution in [1.82, 2.24) is 4.98 Å². The number of aromatic nitrogens is 1. The van der Waals surface area contributed by atoms with Gasteiger partial charge in [-0.25, -0.2) is 9.59 Å². The Balaban J connectivity index is 1.35. The van der Waals surface area contributed by atoms with Crippen molar-refractivity contribution < 1.29 is 34.1 Å². The number of carbonyl (C=O) groups is 3. The third-order valence-electron chi connectivity index (χ3n) is 6.83. The van der Waals surface area contributed by atoms with Crippen molar-refractivity contribution in [3.05, 3.63) is 119 Å². The van der Waals surface area contributed by atoms with Crippen LogP contribution < -0.4 is 9.47 Å². The smallest absolute Gasteiger partial charge is 0.494 e. The van der Waals surface area contributed by atoms with Gasteiger partial charge in [0.05, 0.1) is 17.7 Å². The Bertz CT molecular complexity index is 1750. The van der Waals surface area contributed by atoms with E-state index in [-0.39, 0.29) is 17.2 Å². The third kappa shape index (κ3) is 5.96. The first-order chi connectivity index (χ1) is 19.8. The average molecular weight is 550 g/mol. The molecule has 0 aliphatic rings. The number of carboxylic acids is 1. The number of benzene rings is 4. The van der Waals surface area contributed by atoms with Gasteiger partial charge in [0.2, 0.25) is 5.88 Å². The fraction of sp³-hybridized carbons (Fsp3) is 0.121. The van der Waals surface area contributed by atoms with E-state index in [9.17, 15) is 24.6 Å². The number of rotatable bonds is 10. The average Bonchev–Trinajstić information content (AvgIpc) is 3.31. The predicted octanol–water partition coefficient (Wildman–Crippen LogP) is 7.14. The van der Waals surface area contributed by atoms with E-state index in [0.29, 0.717) is 47.4 Å². The fourth-order valence-corrected chi connectivity index (χ4v) is 4.92. The van der Waals surface area contributed by atoms with Crippen LogP contribution in [0.4, 0.5) is 4.79 Å². The second-order valence-corrected chi connectivity index (χ2v) is 9.54. The van der Waals surface area contributed by atoms with Gasteiger partial charge in [-0.2, -0.15) is 0 Å². The minimum Gasteiger partial charge on any atom is -0.494 e. The molecule has 0 radical (unpaired) electrons. The van der Waals surface area contributed by atoms with Crippen LogP contribution in [0.1, 0.15) is 43.8 Å². The highest BCUT2D eigenvalue weighted by Crippen LogP contribution is 2.37. The Labute approximate surface area is 235 Å². The van der Waals surface area contributed by atoms with Crippen LogP contribution in [0.15, 0.2) is 91.0 Å². The number of H-pyrrole nitrogens is 1. The Hall–Kier alpha value is -5.37. The summed E-state index contributed by atoms with van der Waals surface area (Å²) in [4.78, 5) is 38.8. The maximum atomic E-state index is 12.8. The number of aromatic amines is 1. The lowest BCUT2D eigenvalue weighted by molar-refractivity contribution is 0.0696. The number of ketones is 1. The van der Waals surface area contributed by atoms with Crippen LogP contribution in [0, 0.1) is 6.92 Å². The van der Waals surface area contributed by atoms with Crippen LogP contribution in [-0.4, -0.2) is 39.7 Å². The van der Waals surface area contributed by atoms with Crippen LogP contribution in [0.25, 0.3) is 22.0 Å². The highest BCUT2D eigenvalue weighted by Gasteiger charge is 2.19. The SMILES string of the molecule is Cc1cc(C(=O)O)ccc1-c1cccc2c(CCCOc3cccc(C(=O)c4ccccc4)c3)c(OC(=O)O)[nH]c12. The second-order valence-electron chi connectivity index (χ2n) is 9.54. The van der Waals surface area contributed by atoms with E-state index in [0.717, 1.165) is 22.1 Å². The minimum absolute atomic E-state index is 0.0889. The van der Waals surface area contributed by atoms with Gasteiger partial charge < -0.3 is 24.7 Å². The zero-order valence-corrected chi connectivity index (χ0v) is 22.2. The first-order valence-electron chi connectivity index (χ1n) is 13.0. The second kappa shape index (κ2) is 11.8. The zero-order chi connectivity index (χ0) is 28.9. The van der Waals surface area contributed by atoms with E-state index in [4.69, 9.17) is 9.47 Å². The van der Waals surface area contributed by atoms with Crippen LogP contribution in [0.5, 0.6) is 11.6 Å². The van der Waals surface area contributed by atoms with Gasteiger partial charge in [0.1, 0.15) is 5.75 Å². The number of fused-ring (bicyclic) bond motifs is 1. The fourth-order valence-electron chi connectivity index (χ4n) is 4.92. The maximum Gasteiger partial charge on any atom is 0.512 e. The first-order valence-corrected chi connectivity index (χ1v) is 13.0. The zero-order valence-electron chi connectivity index (χ0n) is 22.2. The lowest BCUT2D eigenvalue weighted by Gasteiger charge is -2.09. The molecule has 206 valence electrons. The van der Waals surface area contributed by atoms with E-state index in [1.54, 1.807) is 54.6 Å². The largest absolute Gasteiger partial charge is 0.512 e. The number of ether oxygens (including phenoxy) is 2. The van der Waals surface area contributed by atoms with Gasteiger partial charge in [-0.15, -0.1) is 0 Å². The predicted molar refractivity (Wildman–Crippen MR) is 154 cm³/mol. The number of hydrogen-bond donors (Lipinski definition) is 3. The summed E-state index contributed by atoms with van der Waals surface area (Å²) >= 11 is 0. The van der Waals surface area contributed by atoms with Gasteiger partial charge >= 0.3 is 12.1 Å². The highest BCUT2D eigenvalue weighted by molar-refractivity contribution is 6.09. The van der Waals surface area contributed by atoms with Gasteiger partial charge in [-0.1, -0.05) is 66.7 Å². The Morgan fingerprint density at radius 3 is 2.27 bits per heavy atom. The Morgan fingerprint density at radius 2 is 1.54 bits per heavy atom. The first kappa shape index (κ1) is 27.2. The Kier molecular flexibility index (Phi) is 7.83. The van der Waals surface area contributed by atoms with Crippen LogP contribution in [0.2, 0.25) is 0 Å². The normalized spacial score (nSPS) is 10.9.